The molecule has 1 N–H and O–H groups in total. The van der Waals surface area contributed by atoms with Crippen molar-refractivity contribution in [1.29, 1.82) is 0 Å². The van der Waals surface area contributed by atoms with E-state index in [1.165, 1.54) is 5.56 Å². The average molecular weight is 333 g/mol. The molecule has 0 bridgehead atoms. The van der Waals surface area contributed by atoms with Crippen LogP contribution in [0.15, 0.2) is 30.3 Å². The van der Waals surface area contributed by atoms with Crippen molar-refractivity contribution >= 4 is 0 Å². The Morgan fingerprint density at radius 1 is 1.25 bits per heavy atom. The maximum Gasteiger partial charge on any atom is 0.187 e. The number of aliphatic hydroxyl groups excluding tert-OH is 1. The van der Waals surface area contributed by atoms with Crippen LogP contribution in [0, 0.1) is 11.8 Å². The van der Waals surface area contributed by atoms with E-state index in [1.54, 1.807) is 7.11 Å². The van der Waals surface area contributed by atoms with Crippen molar-refractivity contribution < 1.29 is 19.3 Å². The summed E-state index contributed by atoms with van der Waals surface area (Å²) in [6, 6.07) is 10.2. The number of hydrogen-bond donors (Lipinski definition) is 1. The van der Waals surface area contributed by atoms with Crippen LogP contribution in [0.3, 0.4) is 0 Å². The van der Waals surface area contributed by atoms with E-state index in [1.807, 2.05) is 32.2 Å². The van der Waals surface area contributed by atoms with E-state index in [4.69, 9.17) is 14.2 Å². The number of hydrogen-bond acceptors (Lipinski definition) is 5. The molecule has 132 valence electrons. The number of ether oxygens (including phenoxy) is 3. The minimum atomic E-state index is -0.812. The number of likely N-dealkylation sites (N-methyl/N-ethyl adjacent to an activating group) is 1. The Hall–Kier alpha value is -1.42. The van der Waals surface area contributed by atoms with Crippen LogP contribution in [0.1, 0.15) is 18.9 Å². The van der Waals surface area contributed by atoms with Crippen molar-refractivity contribution in [3.05, 3.63) is 35.9 Å². The molecule has 0 aliphatic carbocycles. The molecule has 1 aliphatic heterocycles. The van der Waals surface area contributed by atoms with Crippen molar-refractivity contribution in [2.45, 2.75) is 44.5 Å². The number of methoxy groups -OCH3 is 1. The molecule has 2 rings (SSSR count). The third-order valence-corrected chi connectivity index (χ3v) is 3.97. The molecule has 5 heteroatoms. The normalized spacial score (nSPS) is 26.4. The summed E-state index contributed by atoms with van der Waals surface area (Å²) >= 11 is 0. The van der Waals surface area contributed by atoms with Gasteiger partial charge in [0.05, 0.1) is 0 Å². The molecule has 0 saturated carbocycles. The van der Waals surface area contributed by atoms with Gasteiger partial charge in [0.25, 0.3) is 0 Å². The molecule has 1 aliphatic rings. The summed E-state index contributed by atoms with van der Waals surface area (Å²) < 4.78 is 16.8. The van der Waals surface area contributed by atoms with Crippen molar-refractivity contribution in [3.8, 4) is 11.8 Å². The molecule has 1 aromatic carbocycles. The topological polar surface area (TPSA) is 51.2 Å². The lowest BCUT2D eigenvalue weighted by Crippen LogP contribution is -2.40. The maximum atomic E-state index is 10.3. The van der Waals surface area contributed by atoms with Crippen LogP contribution in [0.2, 0.25) is 0 Å². The number of benzene rings is 1. The van der Waals surface area contributed by atoms with Gasteiger partial charge in [-0.3, -0.25) is 4.90 Å². The summed E-state index contributed by atoms with van der Waals surface area (Å²) in [4.78, 5) is 2.15. The van der Waals surface area contributed by atoms with Gasteiger partial charge in [0, 0.05) is 26.6 Å². The molecule has 5 nitrogen and oxygen atoms in total. The summed E-state index contributed by atoms with van der Waals surface area (Å²) in [7, 11) is 3.61. The van der Waals surface area contributed by atoms with Crippen LogP contribution in [0.4, 0.5) is 0 Å². The van der Waals surface area contributed by atoms with Gasteiger partial charge < -0.3 is 19.3 Å². The number of rotatable bonds is 7. The fourth-order valence-corrected chi connectivity index (χ4v) is 2.85. The lowest BCUT2D eigenvalue weighted by molar-refractivity contribution is -0.159. The van der Waals surface area contributed by atoms with Crippen molar-refractivity contribution in [2.24, 2.45) is 0 Å². The zero-order valence-corrected chi connectivity index (χ0v) is 14.6. The van der Waals surface area contributed by atoms with Gasteiger partial charge in [0.1, 0.15) is 24.9 Å². The minimum Gasteiger partial charge on any atom is -0.385 e. The molecule has 0 amide bonds. The van der Waals surface area contributed by atoms with Crippen LogP contribution in [-0.4, -0.2) is 61.9 Å². The van der Waals surface area contributed by atoms with Gasteiger partial charge in [0.15, 0.2) is 6.29 Å². The molecule has 0 aromatic heterocycles. The van der Waals surface area contributed by atoms with Crippen LogP contribution < -0.4 is 0 Å². The van der Waals surface area contributed by atoms with E-state index in [-0.39, 0.29) is 12.7 Å². The second-order valence-corrected chi connectivity index (χ2v) is 5.93. The van der Waals surface area contributed by atoms with E-state index in [0.29, 0.717) is 6.54 Å². The van der Waals surface area contributed by atoms with Crippen LogP contribution >= 0.6 is 0 Å². The first kappa shape index (κ1) is 18.9. The summed E-state index contributed by atoms with van der Waals surface area (Å²) in [6.45, 7) is 3.68. The van der Waals surface area contributed by atoms with E-state index in [0.717, 1.165) is 13.0 Å². The SMILES string of the molecule is CCC#CCOC1O[C@H](CN(C)Cc2ccccc2)[C@H](OC)[C@H]1O. The second-order valence-electron chi connectivity index (χ2n) is 5.93. The Kier molecular flexibility index (Phi) is 7.70. The summed E-state index contributed by atoms with van der Waals surface area (Å²) in [6.07, 6.45) is -1.38. The minimum absolute atomic E-state index is 0.247. The highest BCUT2D eigenvalue weighted by atomic mass is 16.7. The Morgan fingerprint density at radius 2 is 2.00 bits per heavy atom. The van der Waals surface area contributed by atoms with E-state index in [9.17, 15) is 5.11 Å². The fourth-order valence-electron chi connectivity index (χ4n) is 2.85. The summed E-state index contributed by atoms with van der Waals surface area (Å²) in [5.74, 6) is 5.82. The largest absolute Gasteiger partial charge is 0.385 e. The molecule has 1 saturated heterocycles. The average Bonchev–Trinajstić information content (AvgIpc) is 2.87. The fraction of sp³-hybridized carbons (Fsp3) is 0.579. The highest BCUT2D eigenvalue weighted by Crippen LogP contribution is 2.25. The van der Waals surface area contributed by atoms with Crippen LogP contribution in [0.25, 0.3) is 0 Å². The van der Waals surface area contributed by atoms with Gasteiger partial charge in [-0.05, 0) is 12.6 Å². The Morgan fingerprint density at radius 3 is 2.67 bits per heavy atom. The van der Waals surface area contributed by atoms with E-state index >= 15 is 0 Å². The maximum absolute atomic E-state index is 10.3. The van der Waals surface area contributed by atoms with Gasteiger partial charge >= 0.3 is 0 Å². The summed E-state index contributed by atoms with van der Waals surface area (Å²) in [5, 5.41) is 10.3. The van der Waals surface area contributed by atoms with Gasteiger partial charge in [-0.2, -0.15) is 0 Å². The molecular weight excluding hydrogens is 306 g/mol. The number of aliphatic hydroxyl groups is 1. The van der Waals surface area contributed by atoms with Crippen molar-refractivity contribution in [1.82, 2.24) is 4.90 Å². The molecule has 1 fully saturated rings. The predicted octanol–water partition coefficient (Wildman–Crippen LogP) is 1.65. The third-order valence-electron chi connectivity index (χ3n) is 3.97. The first-order valence-corrected chi connectivity index (χ1v) is 8.31. The Balaban J connectivity index is 1.88. The van der Waals surface area contributed by atoms with E-state index in [2.05, 4.69) is 28.9 Å². The summed E-state index contributed by atoms with van der Waals surface area (Å²) in [5.41, 5.74) is 1.23. The van der Waals surface area contributed by atoms with Crippen LogP contribution in [-0.2, 0) is 20.8 Å². The third kappa shape index (κ3) is 5.30. The molecule has 4 atom stereocenters. The molecule has 24 heavy (non-hydrogen) atoms. The van der Waals surface area contributed by atoms with E-state index < -0.39 is 18.5 Å². The molecule has 0 spiro atoms. The highest BCUT2D eigenvalue weighted by molar-refractivity contribution is 5.14. The lowest BCUT2D eigenvalue weighted by Gasteiger charge is -2.24. The first-order chi connectivity index (χ1) is 11.7. The molecule has 1 heterocycles. The highest BCUT2D eigenvalue weighted by Gasteiger charge is 2.44. The molecule has 0 radical (unpaired) electrons. The van der Waals surface area contributed by atoms with Gasteiger partial charge in [-0.25, -0.2) is 0 Å². The molecule has 1 aromatic rings. The predicted molar refractivity (Wildman–Crippen MR) is 92.3 cm³/mol. The molecule has 1 unspecified atom stereocenters. The zero-order valence-electron chi connectivity index (χ0n) is 14.6. The quantitative estimate of drug-likeness (QED) is 0.769. The second kappa shape index (κ2) is 9.77. The Labute approximate surface area is 144 Å². The smallest absolute Gasteiger partial charge is 0.187 e. The van der Waals surface area contributed by atoms with Crippen molar-refractivity contribution in [3.63, 3.8) is 0 Å². The zero-order chi connectivity index (χ0) is 17.4. The number of nitrogens with zero attached hydrogens (tertiary/aromatic N) is 1. The lowest BCUT2D eigenvalue weighted by atomic mass is 10.1. The standard InChI is InChI=1S/C19H27NO4/c1-4-5-9-12-23-19-17(21)18(22-3)16(24-19)14-20(2)13-15-10-7-6-8-11-15/h6-8,10-11,16-19,21H,4,12-14H2,1-3H3/t16-,17-,18+,19?/m1/s1. The Bertz CT molecular complexity index is 539. The van der Waals surface area contributed by atoms with Gasteiger partial charge in [-0.15, -0.1) is 5.92 Å². The van der Waals surface area contributed by atoms with Crippen LogP contribution in [0.5, 0.6) is 0 Å². The first-order valence-electron chi connectivity index (χ1n) is 8.31. The molecular formula is C19H27NO4. The van der Waals surface area contributed by atoms with Gasteiger partial charge in [0.2, 0.25) is 0 Å². The van der Waals surface area contributed by atoms with Crippen molar-refractivity contribution in [2.75, 3.05) is 27.3 Å². The monoisotopic (exact) mass is 333 g/mol. The van der Waals surface area contributed by atoms with Gasteiger partial charge in [-0.1, -0.05) is 43.2 Å².